The van der Waals surface area contributed by atoms with Crippen molar-refractivity contribution in [3.63, 3.8) is 0 Å². The van der Waals surface area contributed by atoms with Crippen molar-refractivity contribution in [2.45, 2.75) is 27.2 Å². The molecule has 0 atom stereocenters. The van der Waals surface area contributed by atoms with Crippen molar-refractivity contribution in [1.29, 1.82) is 0 Å². The van der Waals surface area contributed by atoms with Crippen LogP contribution in [0.3, 0.4) is 0 Å². The van der Waals surface area contributed by atoms with Gasteiger partial charge < -0.3 is 14.7 Å². The Hall–Kier alpha value is -2.86. The lowest BCUT2D eigenvalue weighted by atomic mass is 10.2. The average molecular weight is 379 g/mol. The molecule has 2 N–H and O–H groups in total. The summed E-state index contributed by atoms with van der Waals surface area (Å²) in [5.41, 5.74) is 4.22. The van der Waals surface area contributed by atoms with Gasteiger partial charge in [-0.3, -0.25) is 4.79 Å². The summed E-state index contributed by atoms with van der Waals surface area (Å²) in [5, 5.41) is 2.65. The lowest BCUT2D eigenvalue weighted by Crippen LogP contribution is -2.13. The van der Waals surface area contributed by atoms with Crippen molar-refractivity contribution < 1.29 is 9.53 Å². The second kappa shape index (κ2) is 6.70. The minimum atomic E-state index is 0.162. The quantitative estimate of drug-likeness (QED) is 0.677. The van der Waals surface area contributed by atoms with E-state index in [2.05, 4.69) is 28.0 Å². The van der Waals surface area contributed by atoms with E-state index in [0.717, 1.165) is 48.3 Å². The maximum Gasteiger partial charge on any atom is 0.172 e. The molecule has 3 aromatic rings. The monoisotopic (exact) mass is 379 g/mol. The van der Waals surface area contributed by atoms with Crippen molar-refractivity contribution in [3.8, 4) is 5.75 Å². The maximum absolute atomic E-state index is 11.9. The van der Waals surface area contributed by atoms with Crippen LogP contribution in [0.25, 0.3) is 17.8 Å². The van der Waals surface area contributed by atoms with Crippen LogP contribution in [-0.2, 0) is 0 Å². The predicted octanol–water partition coefficient (Wildman–Crippen LogP) is 1.67. The molecule has 0 aromatic carbocycles. The number of carbonyl (C=O) groups excluding carboxylic acids is 1. The van der Waals surface area contributed by atoms with Crippen LogP contribution in [0.2, 0.25) is 0 Å². The molecule has 0 saturated heterocycles. The molecule has 0 saturated carbocycles. The van der Waals surface area contributed by atoms with Crippen LogP contribution >= 0.6 is 11.3 Å². The Bertz CT molecular complexity index is 1250. The number of ether oxygens (including phenoxy) is 1. The van der Waals surface area contributed by atoms with Gasteiger partial charge in [0.1, 0.15) is 5.75 Å². The molecule has 3 aromatic heterocycles. The zero-order valence-electron chi connectivity index (χ0n) is 15.8. The molecule has 1 aliphatic heterocycles. The molecular formula is C21H21N3O2S. The lowest BCUT2D eigenvalue weighted by Gasteiger charge is -1.94. The number of aromatic nitrogens is 2. The van der Waals surface area contributed by atoms with Crippen molar-refractivity contribution in [2.24, 2.45) is 4.99 Å². The zero-order chi connectivity index (χ0) is 19.1. The SMILES string of the molecule is CCC(=O)c1cc2c(s1)=CC(=c1cc(OC)c(=Cc3[nH]c(C)cc3C)[nH]1)N=2. The number of nitrogens with one attached hydrogen (secondary N) is 2. The highest BCUT2D eigenvalue weighted by Crippen LogP contribution is 2.12. The summed E-state index contributed by atoms with van der Waals surface area (Å²) in [7, 11) is 1.66. The zero-order valence-corrected chi connectivity index (χ0v) is 16.6. The first kappa shape index (κ1) is 17.5. The van der Waals surface area contributed by atoms with Gasteiger partial charge in [-0.15, -0.1) is 11.3 Å². The van der Waals surface area contributed by atoms with E-state index < -0.39 is 0 Å². The molecular weight excluding hydrogens is 358 g/mol. The number of fused-ring (bicyclic) bond motifs is 1. The smallest absolute Gasteiger partial charge is 0.172 e. The number of H-pyrrole nitrogens is 2. The normalized spacial score (nSPS) is 15.5. The average Bonchev–Trinajstić information content (AvgIpc) is 3.37. The van der Waals surface area contributed by atoms with Gasteiger partial charge in [0.15, 0.2) is 5.78 Å². The van der Waals surface area contributed by atoms with Crippen LogP contribution in [-0.4, -0.2) is 22.9 Å². The largest absolute Gasteiger partial charge is 0.494 e. The van der Waals surface area contributed by atoms with Gasteiger partial charge >= 0.3 is 0 Å². The molecule has 0 amide bonds. The molecule has 1 aliphatic rings. The number of aryl methyl sites for hydroxylation is 2. The number of carbonyl (C=O) groups is 1. The molecule has 4 heterocycles. The van der Waals surface area contributed by atoms with Gasteiger partial charge in [-0.2, -0.15) is 0 Å². The Morgan fingerprint density at radius 2 is 2.07 bits per heavy atom. The van der Waals surface area contributed by atoms with Crippen molar-refractivity contribution in [1.82, 2.24) is 9.97 Å². The molecule has 4 rings (SSSR count). The highest BCUT2D eigenvalue weighted by Gasteiger charge is 2.12. The lowest BCUT2D eigenvalue weighted by molar-refractivity contribution is 0.0992. The molecule has 5 nitrogen and oxygen atoms in total. The number of methoxy groups -OCH3 is 1. The standard InChI is InChI=1S/C21H21N3O2S/c1-5-18(25)21-10-17-20(27-21)9-15(24-17)14-8-19(26-4)16(23-14)7-13-11(2)6-12(3)22-13/h6-10,22-23H,5H2,1-4H3. The molecule has 0 bridgehead atoms. The minimum Gasteiger partial charge on any atom is -0.494 e. The molecule has 27 heavy (non-hydrogen) atoms. The van der Waals surface area contributed by atoms with Crippen LogP contribution in [0.5, 0.6) is 5.75 Å². The van der Waals surface area contributed by atoms with Gasteiger partial charge in [-0.25, -0.2) is 4.99 Å². The first-order valence-electron chi connectivity index (χ1n) is 8.87. The number of hydrogen-bond donors (Lipinski definition) is 2. The number of thiophene rings is 1. The number of nitrogens with zero attached hydrogens (tertiary/aromatic N) is 1. The maximum atomic E-state index is 11.9. The van der Waals surface area contributed by atoms with E-state index in [0.29, 0.717) is 6.42 Å². The molecule has 6 heteroatoms. The fraction of sp³-hybridized carbons (Fsp3) is 0.238. The van der Waals surface area contributed by atoms with E-state index in [-0.39, 0.29) is 5.78 Å². The van der Waals surface area contributed by atoms with E-state index in [9.17, 15) is 4.79 Å². The molecule has 0 unspecified atom stereocenters. The summed E-state index contributed by atoms with van der Waals surface area (Å²) in [6, 6.07) is 5.96. The van der Waals surface area contributed by atoms with Crippen LogP contribution in [0.4, 0.5) is 0 Å². The fourth-order valence-corrected chi connectivity index (χ4v) is 4.28. The highest BCUT2D eigenvalue weighted by molar-refractivity contribution is 7.12. The van der Waals surface area contributed by atoms with E-state index in [1.165, 1.54) is 16.9 Å². The summed E-state index contributed by atoms with van der Waals surface area (Å²) >= 11 is 1.50. The Kier molecular flexibility index (Phi) is 4.36. The summed E-state index contributed by atoms with van der Waals surface area (Å²) in [6.07, 6.45) is 4.58. The van der Waals surface area contributed by atoms with Gasteiger partial charge in [-0.1, -0.05) is 6.92 Å². The van der Waals surface area contributed by atoms with E-state index in [1.54, 1.807) is 7.11 Å². The van der Waals surface area contributed by atoms with Gasteiger partial charge in [0, 0.05) is 23.9 Å². The van der Waals surface area contributed by atoms with Gasteiger partial charge in [-0.05, 0) is 43.7 Å². The third kappa shape index (κ3) is 3.17. The second-order valence-corrected chi connectivity index (χ2v) is 7.72. The number of ketones is 1. The van der Waals surface area contributed by atoms with E-state index in [1.807, 2.05) is 38.1 Å². The van der Waals surface area contributed by atoms with Crippen LogP contribution < -0.4 is 25.3 Å². The summed E-state index contributed by atoms with van der Waals surface area (Å²) < 4.78 is 6.57. The van der Waals surface area contributed by atoms with Gasteiger partial charge in [0.25, 0.3) is 0 Å². The Labute approximate surface area is 160 Å². The first-order valence-corrected chi connectivity index (χ1v) is 9.69. The number of aromatic amines is 2. The topological polar surface area (TPSA) is 70.2 Å². The Morgan fingerprint density at radius 3 is 2.70 bits per heavy atom. The van der Waals surface area contributed by atoms with Crippen molar-refractivity contribution in [3.05, 3.63) is 60.6 Å². The highest BCUT2D eigenvalue weighted by atomic mass is 32.1. The summed E-state index contributed by atoms with van der Waals surface area (Å²) in [5.74, 6) is 0.930. The van der Waals surface area contributed by atoms with Crippen molar-refractivity contribution in [2.75, 3.05) is 7.11 Å². The van der Waals surface area contributed by atoms with Crippen LogP contribution in [0.15, 0.2) is 23.2 Å². The van der Waals surface area contributed by atoms with Gasteiger partial charge in [0.05, 0.1) is 38.3 Å². The van der Waals surface area contributed by atoms with Crippen LogP contribution in [0.1, 0.15) is 40.0 Å². The summed E-state index contributed by atoms with van der Waals surface area (Å²) in [4.78, 5) is 24.1. The van der Waals surface area contributed by atoms with Crippen molar-refractivity contribution >= 4 is 35.0 Å². The predicted molar refractivity (Wildman–Crippen MR) is 108 cm³/mol. The number of rotatable bonds is 4. The van der Waals surface area contributed by atoms with E-state index >= 15 is 0 Å². The third-order valence-corrected chi connectivity index (χ3v) is 5.74. The Morgan fingerprint density at radius 1 is 1.26 bits per heavy atom. The minimum absolute atomic E-state index is 0.162. The molecule has 138 valence electrons. The van der Waals surface area contributed by atoms with Crippen LogP contribution in [0, 0.1) is 13.8 Å². The summed E-state index contributed by atoms with van der Waals surface area (Å²) in [6.45, 7) is 6.00. The van der Waals surface area contributed by atoms with Gasteiger partial charge in [0.2, 0.25) is 0 Å². The molecule has 0 radical (unpaired) electrons. The molecule has 0 spiro atoms. The molecule has 0 fully saturated rings. The molecule has 0 aliphatic carbocycles. The third-order valence-electron chi connectivity index (χ3n) is 4.63. The second-order valence-electron chi connectivity index (χ2n) is 6.64. The van der Waals surface area contributed by atoms with E-state index in [4.69, 9.17) is 4.74 Å². The fourth-order valence-electron chi connectivity index (χ4n) is 3.23. The Balaban J connectivity index is 1.83. The number of hydrogen-bond acceptors (Lipinski definition) is 4. The number of Topliss-reactive ketones (excluding diaryl/α,β-unsaturated/α-hetero) is 1. The first-order chi connectivity index (χ1) is 13.0.